The van der Waals surface area contributed by atoms with E-state index in [1.807, 2.05) is 6.07 Å². The molecule has 1 aliphatic heterocycles. The van der Waals surface area contributed by atoms with Gasteiger partial charge >= 0.3 is 5.63 Å². The van der Waals surface area contributed by atoms with Crippen molar-refractivity contribution in [3.8, 4) is 0 Å². The molecule has 5 aliphatic rings. The lowest BCUT2D eigenvalue weighted by Crippen LogP contribution is -2.63. The predicted octanol–water partition coefficient (Wildman–Crippen LogP) is 3.52. The summed E-state index contributed by atoms with van der Waals surface area (Å²) < 4.78 is 5.24. The van der Waals surface area contributed by atoms with Gasteiger partial charge < -0.3 is 19.9 Å². The fraction of sp³-hybridized carbons (Fsp3) is 0.828. The minimum atomic E-state index is -0.637. The van der Waals surface area contributed by atoms with Crippen LogP contribution in [0, 0.1) is 28.6 Å². The first-order valence-corrected chi connectivity index (χ1v) is 14.2. The van der Waals surface area contributed by atoms with Crippen LogP contribution in [0.5, 0.6) is 0 Å². The van der Waals surface area contributed by atoms with Crippen molar-refractivity contribution in [3.63, 3.8) is 0 Å². The molecule has 1 aromatic heterocycles. The molecule has 4 aliphatic carbocycles. The van der Waals surface area contributed by atoms with Crippen molar-refractivity contribution in [2.45, 2.75) is 95.2 Å². The van der Waals surface area contributed by atoms with Crippen LogP contribution >= 0.6 is 0 Å². The first-order valence-electron chi connectivity index (χ1n) is 14.2. The van der Waals surface area contributed by atoms with Crippen LogP contribution in [-0.4, -0.2) is 59.0 Å². The minimum Gasteiger partial charge on any atom is -0.431 e. The highest BCUT2D eigenvalue weighted by molar-refractivity contribution is 5.27. The Morgan fingerprint density at radius 3 is 2.71 bits per heavy atom. The molecule has 194 valence electrons. The third kappa shape index (κ3) is 3.53. The molecule has 0 spiro atoms. The van der Waals surface area contributed by atoms with Gasteiger partial charge in [0, 0.05) is 43.2 Å². The molecule has 3 N–H and O–H groups in total. The quantitative estimate of drug-likeness (QED) is 0.609. The Morgan fingerprint density at radius 1 is 1.09 bits per heavy atom. The van der Waals surface area contributed by atoms with Crippen LogP contribution in [0.1, 0.15) is 83.1 Å². The average Bonchev–Trinajstić information content (AvgIpc) is 3.15. The molecule has 9 atom stereocenters. The van der Waals surface area contributed by atoms with Gasteiger partial charge in [-0.1, -0.05) is 13.8 Å². The molecule has 1 aromatic rings. The standard InChI is InChI=1S/C29H44N2O4/c1-27-10-7-21(31-14-13-30-16-22(31)17-32)15-20(27)4-5-25-24(27)8-11-28(2)23(9-12-29(25,28)34)19-3-6-26(33)35-18-19/h3,6,18,20-25,30,32,34H,4-5,7-17H2,1-2H3/t20-,21+,22-,23-,24+,25-,27+,28-,29+/m1/s1. The Morgan fingerprint density at radius 2 is 1.94 bits per heavy atom. The summed E-state index contributed by atoms with van der Waals surface area (Å²) in [5.41, 5.74) is 0.280. The Bertz CT molecular complexity index is 977. The van der Waals surface area contributed by atoms with Gasteiger partial charge in [0.2, 0.25) is 0 Å². The predicted molar refractivity (Wildman–Crippen MR) is 135 cm³/mol. The van der Waals surface area contributed by atoms with Gasteiger partial charge in [-0.25, -0.2) is 4.79 Å². The van der Waals surface area contributed by atoms with Crippen molar-refractivity contribution < 1.29 is 14.6 Å². The molecule has 0 aromatic carbocycles. The van der Waals surface area contributed by atoms with E-state index in [9.17, 15) is 15.0 Å². The number of rotatable bonds is 3. The molecule has 0 amide bonds. The Balaban J connectivity index is 1.23. The summed E-state index contributed by atoms with van der Waals surface area (Å²) in [5.74, 6) is 1.92. The van der Waals surface area contributed by atoms with E-state index < -0.39 is 5.60 Å². The van der Waals surface area contributed by atoms with Gasteiger partial charge in [-0.3, -0.25) is 4.90 Å². The number of aliphatic hydroxyl groups is 2. The molecule has 0 radical (unpaired) electrons. The summed E-state index contributed by atoms with van der Waals surface area (Å²) in [7, 11) is 0. The Hall–Kier alpha value is -1.21. The maximum Gasteiger partial charge on any atom is 0.335 e. The summed E-state index contributed by atoms with van der Waals surface area (Å²) in [6.45, 7) is 8.08. The van der Waals surface area contributed by atoms with Crippen LogP contribution in [0.2, 0.25) is 0 Å². The van der Waals surface area contributed by atoms with Crippen molar-refractivity contribution in [2.75, 3.05) is 26.2 Å². The molecule has 0 unspecified atom stereocenters. The van der Waals surface area contributed by atoms with Crippen molar-refractivity contribution in [2.24, 2.45) is 28.6 Å². The van der Waals surface area contributed by atoms with Gasteiger partial charge in [0.1, 0.15) is 0 Å². The first kappa shape index (κ1) is 24.1. The molecule has 1 saturated heterocycles. The highest BCUT2D eigenvalue weighted by Gasteiger charge is 2.67. The van der Waals surface area contributed by atoms with E-state index in [4.69, 9.17) is 4.42 Å². The molecular formula is C29H44N2O4. The van der Waals surface area contributed by atoms with Crippen molar-refractivity contribution >= 4 is 0 Å². The normalized spacial score (nSPS) is 48.1. The zero-order valence-electron chi connectivity index (χ0n) is 21.5. The second-order valence-electron chi connectivity index (χ2n) is 13.1. The molecule has 6 nitrogen and oxygen atoms in total. The fourth-order valence-corrected chi connectivity index (χ4v) is 10.0. The Kier molecular flexibility index (Phi) is 5.99. The fourth-order valence-electron chi connectivity index (χ4n) is 10.0. The summed E-state index contributed by atoms with van der Waals surface area (Å²) >= 11 is 0. The first-order chi connectivity index (χ1) is 16.8. The molecule has 0 bridgehead atoms. The van der Waals surface area contributed by atoms with E-state index in [1.54, 1.807) is 6.26 Å². The lowest BCUT2D eigenvalue weighted by Gasteiger charge is -2.64. The molecule has 35 heavy (non-hydrogen) atoms. The number of nitrogens with one attached hydrogen (secondary N) is 1. The zero-order valence-corrected chi connectivity index (χ0v) is 21.5. The molecular weight excluding hydrogens is 440 g/mol. The third-order valence-corrected chi connectivity index (χ3v) is 12.0. The van der Waals surface area contributed by atoms with E-state index in [2.05, 4.69) is 24.1 Å². The smallest absolute Gasteiger partial charge is 0.335 e. The lowest BCUT2D eigenvalue weighted by atomic mass is 9.43. The van der Waals surface area contributed by atoms with E-state index >= 15 is 0 Å². The summed E-state index contributed by atoms with van der Waals surface area (Å²) in [4.78, 5) is 14.1. The molecule has 5 fully saturated rings. The van der Waals surface area contributed by atoms with Crippen molar-refractivity contribution in [1.29, 1.82) is 0 Å². The average molecular weight is 485 g/mol. The largest absolute Gasteiger partial charge is 0.431 e. The summed E-state index contributed by atoms with van der Waals surface area (Å²) in [5, 5.41) is 25.9. The highest BCUT2D eigenvalue weighted by atomic mass is 16.4. The van der Waals surface area contributed by atoms with Crippen molar-refractivity contribution in [1.82, 2.24) is 10.2 Å². The number of hydrogen-bond acceptors (Lipinski definition) is 6. The van der Waals surface area contributed by atoms with Crippen LogP contribution in [0.4, 0.5) is 0 Å². The zero-order chi connectivity index (χ0) is 24.4. The van der Waals surface area contributed by atoms with E-state index in [-0.39, 0.29) is 29.6 Å². The van der Waals surface area contributed by atoms with E-state index in [0.717, 1.165) is 50.9 Å². The van der Waals surface area contributed by atoms with Gasteiger partial charge in [0.25, 0.3) is 0 Å². The summed E-state index contributed by atoms with van der Waals surface area (Å²) in [6.07, 6.45) is 11.8. The number of hydrogen-bond donors (Lipinski definition) is 3. The number of fused-ring (bicyclic) bond motifs is 5. The highest BCUT2D eigenvalue weighted by Crippen LogP contribution is 2.70. The lowest BCUT2D eigenvalue weighted by molar-refractivity contribution is -0.204. The second-order valence-corrected chi connectivity index (χ2v) is 13.1. The SMILES string of the molecule is C[C@]12CC[C@H](N3CCNC[C@@H]3CO)C[C@H]1CC[C@@H]1[C@@H]2CC[C@]2(C)[C@@H](c3ccc(=O)oc3)CC[C@]12O. The van der Waals surface area contributed by atoms with Crippen molar-refractivity contribution in [3.05, 3.63) is 34.4 Å². The maximum atomic E-state index is 12.4. The number of nitrogens with zero attached hydrogens (tertiary/aromatic N) is 1. The maximum absolute atomic E-state index is 12.4. The Labute approximate surface area is 209 Å². The summed E-state index contributed by atoms with van der Waals surface area (Å²) in [6, 6.07) is 4.30. The van der Waals surface area contributed by atoms with E-state index in [1.165, 1.54) is 38.2 Å². The topological polar surface area (TPSA) is 85.9 Å². The monoisotopic (exact) mass is 484 g/mol. The van der Waals surface area contributed by atoms with Gasteiger partial charge in [-0.15, -0.1) is 0 Å². The molecule has 4 saturated carbocycles. The number of aliphatic hydroxyl groups excluding tert-OH is 1. The van der Waals surface area contributed by atoms with Crippen LogP contribution in [0.3, 0.4) is 0 Å². The van der Waals surface area contributed by atoms with Gasteiger partial charge in [0.05, 0.1) is 18.5 Å². The second kappa shape index (κ2) is 8.68. The van der Waals surface area contributed by atoms with Crippen LogP contribution in [0.15, 0.2) is 27.6 Å². The molecule has 6 heteroatoms. The third-order valence-electron chi connectivity index (χ3n) is 12.0. The van der Waals surface area contributed by atoms with Gasteiger partial charge in [0.15, 0.2) is 0 Å². The van der Waals surface area contributed by atoms with E-state index in [0.29, 0.717) is 29.2 Å². The van der Waals surface area contributed by atoms with Crippen LogP contribution < -0.4 is 10.9 Å². The minimum absolute atomic E-state index is 0.163. The molecule has 2 heterocycles. The van der Waals surface area contributed by atoms with Gasteiger partial charge in [-0.2, -0.15) is 0 Å². The molecule has 6 rings (SSSR count). The van der Waals surface area contributed by atoms with Crippen LogP contribution in [0.25, 0.3) is 0 Å². The van der Waals surface area contributed by atoms with Crippen LogP contribution in [-0.2, 0) is 0 Å². The van der Waals surface area contributed by atoms with Gasteiger partial charge in [-0.05, 0) is 98.5 Å². The number of piperazine rings is 1.